The van der Waals surface area contributed by atoms with Gasteiger partial charge >= 0.3 is 0 Å². The smallest absolute Gasteiger partial charge is 0.251 e. The molecule has 5 heteroatoms. The van der Waals surface area contributed by atoms with Crippen molar-refractivity contribution >= 4 is 21.8 Å². The fourth-order valence-corrected chi connectivity index (χ4v) is 1.70. The molecule has 4 nitrogen and oxygen atoms in total. The Kier molecular flexibility index (Phi) is 3.93. The third kappa shape index (κ3) is 3.42. The van der Waals surface area contributed by atoms with E-state index in [1.165, 1.54) is 0 Å². The number of carbonyl (C=O) groups is 1. The molecule has 1 amide bonds. The Bertz CT molecular complexity index is 479. The molecule has 88 valence electrons. The maximum absolute atomic E-state index is 11.7. The standard InChI is InChI=1S/C12H12BrN3O/c13-10-3-1-9(2-4-10)12(17)16-6-5-11-14-7-8-15-11/h1-4,7-8H,5-6H2,(H,14,15)(H,16,17). The number of carbonyl (C=O) groups excluding carboxylic acids is 1. The molecule has 0 bridgehead atoms. The minimum absolute atomic E-state index is 0.0657. The Morgan fingerprint density at radius 1 is 1.35 bits per heavy atom. The molecular formula is C12H12BrN3O. The first-order valence-corrected chi connectivity index (χ1v) is 6.07. The largest absolute Gasteiger partial charge is 0.352 e. The second kappa shape index (κ2) is 5.63. The highest BCUT2D eigenvalue weighted by atomic mass is 79.9. The molecule has 0 unspecified atom stereocenters. The van der Waals surface area contributed by atoms with Gasteiger partial charge in [0.05, 0.1) is 0 Å². The second-order valence-corrected chi connectivity index (χ2v) is 4.46. The summed E-state index contributed by atoms with van der Waals surface area (Å²) < 4.78 is 0.963. The molecule has 2 rings (SSSR count). The lowest BCUT2D eigenvalue weighted by Gasteiger charge is -2.04. The van der Waals surface area contributed by atoms with Gasteiger partial charge in [0, 0.05) is 35.4 Å². The molecule has 0 fully saturated rings. The summed E-state index contributed by atoms with van der Waals surface area (Å²) >= 11 is 3.33. The Balaban J connectivity index is 1.83. The number of halogens is 1. The highest BCUT2D eigenvalue weighted by Gasteiger charge is 2.04. The zero-order valence-electron chi connectivity index (χ0n) is 9.11. The van der Waals surface area contributed by atoms with Crippen LogP contribution < -0.4 is 5.32 Å². The molecular weight excluding hydrogens is 282 g/mol. The number of nitrogens with one attached hydrogen (secondary N) is 2. The lowest BCUT2D eigenvalue weighted by molar-refractivity contribution is 0.0954. The van der Waals surface area contributed by atoms with E-state index >= 15 is 0 Å². The summed E-state index contributed by atoms with van der Waals surface area (Å²) in [4.78, 5) is 18.8. The zero-order chi connectivity index (χ0) is 12.1. The molecule has 0 saturated carbocycles. The monoisotopic (exact) mass is 293 g/mol. The van der Waals surface area contributed by atoms with Gasteiger partial charge in [0.15, 0.2) is 0 Å². The van der Waals surface area contributed by atoms with Crippen LogP contribution in [0.3, 0.4) is 0 Å². The van der Waals surface area contributed by atoms with Crippen molar-refractivity contribution in [1.82, 2.24) is 15.3 Å². The number of rotatable bonds is 4. The molecule has 0 spiro atoms. The van der Waals surface area contributed by atoms with Gasteiger partial charge in [-0.2, -0.15) is 0 Å². The van der Waals surface area contributed by atoms with Crippen LogP contribution >= 0.6 is 15.9 Å². The summed E-state index contributed by atoms with van der Waals surface area (Å²) in [7, 11) is 0. The molecule has 1 aromatic heterocycles. The molecule has 0 atom stereocenters. The van der Waals surface area contributed by atoms with Crippen molar-refractivity contribution in [2.45, 2.75) is 6.42 Å². The van der Waals surface area contributed by atoms with Crippen molar-refractivity contribution in [3.8, 4) is 0 Å². The van der Waals surface area contributed by atoms with Gasteiger partial charge < -0.3 is 10.3 Å². The minimum atomic E-state index is -0.0657. The van der Waals surface area contributed by atoms with Crippen molar-refractivity contribution in [2.75, 3.05) is 6.54 Å². The van der Waals surface area contributed by atoms with E-state index in [0.717, 1.165) is 10.3 Å². The Morgan fingerprint density at radius 2 is 2.12 bits per heavy atom. The Hall–Kier alpha value is -1.62. The van der Waals surface area contributed by atoms with E-state index in [2.05, 4.69) is 31.2 Å². The molecule has 1 heterocycles. The molecule has 0 saturated heterocycles. The SMILES string of the molecule is O=C(NCCc1ncc[nH]1)c1ccc(Br)cc1. The third-order valence-corrected chi connectivity index (χ3v) is 2.84. The van der Waals surface area contributed by atoms with Gasteiger partial charge in [0.2, 0.25) is 0 Å². The average Bonchev–Trinajstić information content (AvgIpc) is 2.83. The molecule has 0 radical (unpaired) electrons. The number of aromatic amines is 1. The van der Waals surface area contributed by atoms with E-state index in [0.29, 0.717) is 18.5 Å². The number of aromatic nitrogens is 2. The van der Waals surface area contributed by atoms with Gasteiger partial charge in [-0.1, -0.05) is 15.9 Å². The van der Waals surface area contributed by atoms with Gasteiger partial charge in [-0.3, -0.25) is 4.79 Å². The fraction of sp³-hybridized carbons (Fsp3) is 0.167. The molecule has 17 heavy (non-hydrogen) atoms. The first kappa shape index (κ1) is 11.9. The molecule has 0 aliphatic heterocycles. The summed E-state index contributed by atoms with van der Waals surface area (Å²) in [5.41, 5.74) is 0.660. The number of hydrogen-bond acceptors (Lipinski definition) is 2. The molecule has 0 aliphatic rings. The zero-order valence-corrected chi connectivity index (χ0v) is 10.7. The highest BCUT2D eigenvalue weighted by molar-refractivity contribution is 9.10. The number of hydrogen-bond donors (Lipinski definition) is 2. The number of amides is 1. The first-order chi connectivity index (χ1) is 8.25. The van der Waals surface area contributed by atoms with E-state index in [4.69, 9.17) is 0 Å². The lowest BCUT2D eigenvalue weighted by atomic mass is 10.2. The summed E-state index contributed by atoms with van der Waals surface area (Å²) in [6.45, 7) is 0.572. The van der Waals surface area contributed by atoms with Crippen LogP contribution in [0.1, 0.15) is 16.2 Å². The molecule has 2 aromatic rings. The van der Waals surface area contributed by atoms with E-state index in [9.17, 15) is 4.79 Å². The van der Waals surface area contributed by atoms with Gasteiger partial charge in [0.1, 0.15) is 5.82 Å². The Labute approximate surface area is 108 Å². The van der Waals surface area contributed by atoms with Crippen LogP contribution in [-0.4, -0.2) is 22.4 Å². The van der Waals surface area contributed by atoms with Crippen molar-refractivity contribution in [1.29, 1.82) is 0 Å². The average molecular weight is 294 g/mol. The molecule has 2 N–H and O–H groups in total. The highest BCUT2D eigenvalue weighted by Crippen LogP contribution is 2.10. The van der Waals surface area contributed by atoms with Gasteiger partial charge in [-0.25, -0.2) is 4.98 Å². The van der Waals surface area contributed by atoms with Crippen LogP contribution in [0.2, 0.25) is 0 Å². The van der Waals surface area contributed by atoms with E-state index in [-0.39, 0.29) is 5.91 Å². The summed E-state index contributed by atoms with van der Waals surface area (Å²) in [5.74, 6) is 0.810. The van der Waals surface area contributed by atoms with Crippen LogP contribution in [0, 0.1) is 0 Å². The van der Waals surface area contributed by atoms with Gasteiger partial charge in [-0.05, 0) is 24.3 Å². The summed E-state index contributed by atoms with van der Waals surface area (Å²) in [6.07, 6.45) is 4.17. The number of nitrogens with zero attached hydrogens (tertiary/aromatic N) is 1. The quantitative estimate of drug-likeness (QED) is 0.907. The van der Waals surface area contributed by atoms with Crippen LogP contribution in [-0.2, 0) is 6.42 Å². The lowest BCUT2D eigenvalue weighted by Crippen LogP contribution is -2.25. The van der Waals surface area contributed by atoms with Crippen molar-refractivity contribution in [3.05, 3.63) is 52.5 Å². The van der Waals surface area contributed by atoms with E-state index in [1.807, 2.05) is 12.1 Å². The fourth-order valence-electron chi connectivity index (χ4n) is 1.43. The second-order valence-electron chi connectivity index (χ2n) is 3.55. The topological polar surface area (TPSA) is 57.8 Å². The number of H-pyrrole nitrogens is 1. The normalized spacial score (nSPS) is 10.2. The van der Waals surface area contributed by atoms with Crippen LogP contribution in [0.25, 0.3) is 0 Å². The number of imidazole rings is 1. The summed E-state index contributed by atoms with van der Waals surface area (Å²) in [5, 5.41) is 2.84. The van der Waals surface area contributed by atoms with E-state index < -0.39 is 0 Å². The third-order valence-electron chi connectivity index (χ3n) is 2.31. The first-order valence-electron chi connectivity index (χ1n) is 5.28. The summed E-state index contributed by atoms with van der Waals surface area (Å²) in [6, 6.07) is 7.27. The van der Waals surface area contributed by atoms with Crippen LogP contribution in [0.15, 0.2) is 41.1 Å². The van der Waals surface area contributed by atoms with Crippen molar-refractivity contribution in [2.24, 2.45) is 0 Å². The van der Waals surface area contributed by atoms with Crippen LogP contribution in [0.4, 0.5) is 0 Å². The molecule has 0 aliphatic carbocycles. The van der Waals surface area contributed by atoms with Crippen molar-refractivity contribution in [3.63, 3.8) is 0 Å². The van der Waals surface area contributed by atoms with E-state index in [1.54, 1.807) is 24.5 Å². The molecule has 1 aromatic carbocycles. The predicted octanol–water partition coefficient (Wildman–Crippen LogP) is 2.14. The maximum atomic E-state index is 11.7. The minimum Gasteiger partial charge on any atom is -0.352 e. The predicted molar refractivity (Wildman–Crippen MR) is 68.8 cm³/mol. The number of benzene rings is 1. The maximum Gasteiger partial charge on any atom is 0.251 e. The van der Waals surface area contributed by atoms with Gasteiger partial charge in [-0.15, -0.1) is 0 Å². The van der Waals surface area contributed by atoms with Crippen LogP contribution in [0.5, 0.6) is 0 Å². The van der Waals surface area contributed by atoms with Crippen molar-refractivity contribution < 1.29 is 4.79 Å². The van der Waals surface area contributed by atoms with Gasteiger partial charge in [0.25, 0.3) is 5.91 Å². The Morgan fingerprint density at radius 3 is 2.76 bits per heavy atom.